The summed E-state index contributed by atoms with van der Waals surface area (Å²) in [6, 6.07) is 16.0. The normalized spacial score (nSPS) is 13.2. The molecule has 0 bridgehead atoms. The summed E-state index contributed by atoms with van der Waals surface area (Å²) in [5.74, 6) is 0. The monoisotopic (exact) mass is 419 g/mol. The van der Waals surface area contributed by atoms with Gasteiger partial charge in [-0.3, -0.25) is 14.9 Å². The first kappa shape index (κ1) is 20.1. The van der Waals surface area contributed by atoms with E-state index in [4.69, 9.17) is 12.2 Å². The fourth-order valence-corrected chi connectivity index (χ4v) is 4.00. The summed E-state index contributed by atoms with van der Waals surface area (Å²) in [4.78, 5) is 13.0. The second kappa shape index (κ2) is 8.28. The Labute approximate surface area is 181 Å². The quantitative estimate of drug-likeness (QED) is 0.385. The number of benzene rings is 2. The molecule has 7 heteroatoms. The van der Waals surface area contributed by atoms with Crippen LogP contribution in [0.4, 0.5) is 5.69 Å². The van der Waals surface area contributed by atoms with Gasteiger partial charge in [0.2, 0.25) is 0 Å². The average Bonchev–Trinajstić information content (AvgIpc) is 3.31. The molecule has 0 amide bonds. The van der Waals surface area contributed by atoms with Crippen LogP contribution in [0.5, 0.6) is 0 Å². The van der Waals surface area contributed by atoms with Crippen molar-refractivity contribution in [3.8, 4) is 5.69 Å². The van der Waals surface area contributed by atoms with Gasteiger partial charge in [-0.15, -0.1) is 0 Å². The van der Waals surface area contributed by atoms with E-state index in [0.717, 1.165) is 35.5 Å². The molecule has 0 unspecified atom stereocenters. The highest BCUT2D eigenvalue weighted by atomic mass is 32.1. The van der Waals surface area contributed by atoms with Crippen molar-refractivity contribution in [2.24, 2.45) is 12.1 Å². The topological polar surface area (TPSA) is 63.4 Å². The van der Waals surface area contributed by atoms with Gasteiger partial charge in [0.15, 0.2) is 5.11 Å². The lowest BCUT2D eigenvalue weighted by Crippen LogP contribution is -2.28. The predicted octanol–water partition coefficient (Wildman–Crippen LogP) is 3.68. The van der Waals surface area contributed by atoms with Gasteiger partial charge in [0.25, 0.3) is 5.56 Å². The van der Waals surface area contributed by atoms with E-state index in [1.807, 2.05) is 55.9 Å². The Morgan fingerprint density at radius 1 is 1.10 bits per heavy atom. The van der Waals surface area contributed by atoms with E-state index in [-0.39, 0.29) is 10.7 Å². The lowest BCUT2D eigenvalue weighted by atomic mass is 10.0. The molecule has 6 nitrogen and oxygen atoms in total. The van der Waals surface area contributed by atoms with Crippen LogP contribution in [0.1, 0.15) is 35.7 Å². The Hall–Kier alpha value is -3.19. The van der Waals surface area contributed by atoms with Crippen LogP contribution in [0.3, 0.4) is 0 Å². The molecule has 0 radical (unpaired) electrons. The number of hydrogen-bond donors (Lipinski definition) is 2. The minimum atomic E-state index is -0.162. The largest absolute Gasteiger partial charge is 0.325 e. The summed E-state index contributed by atoms with van der Waals surface area (Å²) in [5.41, 5.74) is 9.49. The molecule has 0 fully saturated rings. The van der Waals surface area contributed by atoms with Crippen LogP contribution >= 0.6 is 12.2 Å². The predicted molar refractivity (Wildman–Crippen MR) is 126 cm³/mol. The number of para-hydroxylation sites is 1. The van der Waals surface area contributed by atoms with E-state index < -0.39 is 0 Å². The molecule has 1 aromatic heterocycles. The maximum absolute atomic E-state index is 13.0. The number of hydrazone groups is 1. The highest BCUT2D eigenvalue weighted by Gasteiger charge is 2.17. The summed E-state index contributed by atoms with van der Waals surface area (Å²) >= 11 is 5.39. The molecule has 0 spiro atoms. The number of anilines is 1. The molecular formula is C23H25N5OS. The molecule has 0 saturated carbocycles. The highest BCUT2D eigenvalue weighted by Crippen LogP contribution is 2.23. The van der Waals surface area contributed by atoms with Crippen molar-refractivity contribution in [1.82, 2.24) is 14.8 Å². The van der Waals surface area contributed by atoms with E-state index in [2.05, 4.69) is 34.0 Å². The SMILES string of the molecule is C/C(=N/NC(=S)Nc1c(C)n(C)n(-c2ccccc2)c1=O)c1ccc2c(c1)CCC2. The van der Waals surface area contributed by atoms with Gasteiger partial charge in [0.05, 0.1) is 17.1 Å². The second-order valence-corrected chi connectivity index (χ2v) is 7.94. The van der Waals surface area contributed by atoms with Crippen molar-refractivity contribution < 1.29 is 0 Å². The molecule has 4 rings (SSSR count). The zero-order valence-electron chi connectivity index (χ0n) is 17.4. The standard InChI is InChI=1S/C23H25N5OS/c1-15(18-13-12-17-8-7-9-19(17)14-18)25-26-23(30)24-21-16(2)27(3)28(22(21)29)20-10-5-4-6-11-20/h4-6,10-14H,7-9H2,1-3H3,(H2,24,26,30)/b25-15-. The van der Waals surface area contributed by atoms with Crippen molar-refractivity contribution in [3.63, 3.8) is 0 Å². The molecule has 1 heterocycles. The lowest BCUT2D eigenvalue weighted by Gasteiger charge is -2.08. The summed E-state index contributed by atoms with van der Waals surface area (Å²) in [6.45, 7) is 3.83. The smallest absolute Gasteiger partial charge is 0.295 e. The maximum atomic E-state index is 13.0. The zero-order valence-corrected chi connectivity index (χ0v) is 18.2. The first-order valence-electron chi connectivity index (χ1n) is 10.0. The number of hydrogen-bond acceptors (Lipinski definition) is 3. The molecule has 1 aliphatic carbocycles. The average molecular weight is 420 g/mol. The Morgan fingerprint density at radius 2 is 1.83 bits per heavy atom. The number of aromatic nitrogens is 2. The van der Waals surface area contributed by atoms with Gasteiger partial charge < -0.3 is 5.32 Å². The van der Waals surface area contributed by atoms with Crippen LogP contribution in [0.2, 0.25) is 0 Å². The fourth-order valence-electron chi connectivity index (χ4n) is 3.85. The molecular weight excluding hydrogens is 394 g/mol. The molecule has 2 N–H and O–H groups in total. The summed E-state index contributed by atoms with van der Waals surface area (Å²) < 4.78 is 3.42. The van der Waals surface area contributed by atoms with Crippen molar-refractivity contribution in [1.29, 1.82) is 0 Å². The minimum absolute atomic E-state index is 0.162. The third kappa shape index (κ3) is 3.80. The Morgan fingerprint density at radius 3 is 2.60 bits per heavy atom. The molecule has 1 aliphatic rings. The van der Waals surface area contributed by atoms with Crippen LogP contribution in [0, 0.1) is 6.92 Å². The Balaban J connectivity index is 1.51. The van der Waals surface area contributed by atoms with Gasteiger partial charge in [-0.1, -0.05) is 30.3 Å². The van der Waals surface area contributed by atoms with Crippen LogP contribution in [0.25, 0.3) is 5.69 Å². The van der Waals surface area contributed by atoms with Gasteiger partial charge in [0.1, 0.15) is 5.69 Å². The number of rotatable bonds is 4. The zero-order chi connectivity index (χ0) is 21.3. The van der Waals surface area contributed by atoms with Crippen molar-refractivity contribution in [2.45, 2.75) is 33.1 Å². The van der Waals surface area contributed by atoms with E-state index in [0.29, 0.717) is 5.69 Å². The second-order valence-electron chi connectivity index (χ2n) is 7.54. The van der Waals surface area contributed by atoms with Crippen molar-refractivity contribution in [2.75, 3.05) is 5.32 Å². The highest BCUT2D eigenvalue weighted by molar-refractivity contribution is 7.80. The van der Waals surface area contributed by atoms with Gasteiger partial charge >= 0.3 is 0 Å². The molecule has 0 atom stereocenters. The fraction of sp³-hybridized carbons (Fsp3) is 0.261. The third-order valence-corrected chi connectivity index (χ3v) is 5.83. The van der Waals surface area contributed by atoms with E-state index in [1.165, 1.54) is 17.5 Å². The number of nitrogens with zero attached hydrogens (tertiary/aromatic N) is 3. The third-order valence-electron chi connectivity index (χ3n) is 5.63. The maximum Gasteiger partial charge on any atom is 0.295 e. The minimum Gasteiger partial charge on any atom is -0.325 e. The first-order valence-corrected chi connectivity index (χ1v) is 10.4. The summed E-state index contributed by atoms with van der Waals surface area (Å²) in [7, 11) is 1.85. The molecule has 2 aromatic carbocycles. The summed E-state index contributed by atoms with van der Waals surface area (Å²) in [5, 5.41) is 7.71. The van der Waals surface area contributed by atoms with Crippen LogP contribution in [-0.4, -0.2) is 20.2 Å². The molecule has 3 aromatic rings. The number of fused-ring (bicyclic) bond motifs is 1. The molecule has 0 aliphatic heterocycles. The van der Waals surface area contributed by atoms with Gasteiger partial charge in [-0.25, -0.2) is 4.68 Å². The first-order chi connectivity index (χ1) is 14.5. The molecule has 154 valence electrons. The number of nitrogens with one attached hydrogen (secondary N) is 2. The summed E-state index contributed by atoms with van der Waals surface area (Å²) in [6.07, 6.45) is 3.51. The Kier molecular flexibility index (Phi) is 5.55. The van der Waals surface area contributed by atoms with E-state index in [1.54, 1.807) is 4.68 Å². The van der Waals surface area contributed by atoms with Crippen molar-refractivity contribution in [3.05, 3.63) is 81.3 Å². The van der Waals surface area contributed by atoms with Crippen LogP contribution in [0.15, 0.2) is 58.4 Å². The van der Waals surface area contributed by atoms with E-state index in [9.17, 15) is 4.79 Å². The Bertz CT molecular complexity index is 1190. The van der Waals surface area contributed by atoms with Crippen LogP contribution < -0.4 is 16.3 Å². The molecule has 30 heavy (non-hydrogen) atoms. The van der Waals surface area contributed by atoms with Gasteiger partial charge in [0, 0.05) is 7.05 Å². The number of aryl methyl sites for hydroxylation is 2. The van der Waals surface area contributed by atoms with E-state index >= 15 is 0 Å². The van der Waals surface area contributed by atoms with Crippen molar-refractivity contribution >= 4 is 28.7 Å². The lowest BCUT2D eigenvalue weighted by molar-refractivity contribution is 0.630. The molecule has 0 saturated heterocycles. The van der Waals surface area contributed by atoms with Gasteiger partial charge in [-0.05, 0) is 80.2 Å². The van der Waals surface area contributed by atoms with Gasteiger partial charge in [-0.2, -0.15) is 5.10 Å². The van der Waals surface area contributed by atoms with Crippen LogP contribution in [-0.2, 0) is 19.9 Å². The number of thiocarbonyl (C=S) groups is 1.